The van der Waals surface area contributed by atoms with Crippen LogP contribution in [0.25, 0.3) is 0 Å². The number of benzene rings is 2. The zero-order valence-electron chi connectivity index (χ0n) is 17.5. The summed E-state index contributed by atoms with van der Waals surface area (Å²) in [7, 11) is 0. The van der Waals surface area contributed by atoms with Gasteiger partial charge in [-0.05, 0) is 25.0 Å². The van der Waals surface area contributed by atoms with Crippen LogP contribution in [0.3, 0.4) is 0 Å². The van der Waals surface area contributed by atoms with Crippen molar-refractivity contribution < 1.29 is 14.3 Å². The maximum absolute atomic E-state index is 12.5. The highest BCUT2D eigenvalue weighted by molar-refractivity contribution is 6.02. The highest BCUT2D eigenvalue weighted by Crippen LogP contribution is 2.35. The lowest BCUT2D eigenvalue weighted by Gasteiger charge is -2.28. The SMILES string of the molecule is Cc1cc(C)c2c(c1)C(NC(=O)CCC(=O)N1CCC(c3ccccc3)=N1)CCO2. The lowest BCUT2D eigenvalue weighted by Crippen LogP contribution is -2.33. The number of hydrogen-bond donors (Lipinski definition) is 1. The Bertz CT molecular complexity index is 985. The Balaban J connectivity index is 1.33. The lowest BCUT2D eigenvalue weighted by atomic mass is 9.95. The van der Waals surface area contributed by atoms with E-state index in [0.717, 1.165) is 46.6 Å². The number of amides is 2. The van der Waals surface area contributed by atoms with Gasteiger partial charge in [-0.15, -0.1) is 0 Å². The fourth-order valence-corrected chi connectivity index (χ4v) is 4.11. The number of hydrazone groups is 1. The highest BCUT2D eigenvalue weighted by atomic mass is 16.5. The van der Waals surface area contributed by atoms with Gasteiger partial charge in [-0.1, -0.05) is 48.0 Å². The summed E-state index contributed by atoms with van der Waals surface area (Å²) in [5, 5.41) is 9.03. The molecular formula is C24H27N3O3. The first-order chi connectivity index (χ1) is 14.5. The number of nitrogens with one attached hydrogen (secondary N) is 1. The van der Waals surface area contributed by atoms with Gasteiger partial charge in [-0.25, -0.2) is 5.01 Å². The third kappa shape index (κ3) is 4.37. The van der Waals surface area contributed by atoms with Gasteiger partial charge in [0.1, 0.15) is 5.75 Å². The molecule has 0 saturated carbocycles. The summed E-state index contributed by atoms with van der Waals surface area (Å²) in [5.74, 6) is 0.634. The van der Waals surface area contributed by atoms with Gasteiger partial charge in [-0.2, -0.15) is 5.10 Å². The van der Waals surface area contributed by atoms with Gasteiger partial charge in [0.25, 0.3) is 0 Å². The molecule has 6 heteroatoms. The fraction of sp³-hybridized carbons (Fsp3) is 0.375. The van der Waals surface area contributed by atoms with Crippen molar-refractivity contribution in [1.29, 1.82) is 0 Å². The van der Waals surface area contributed by atoms with Gasteiger partial charge in [0.2, 0.25) is 11.8 Å². The Morgan fingerprint density at radius 3 is 2.77 bits per heavy atom. The number of carbonyl (C=O) groups excluding carboxylic acids is 2. The second kappa shape index (κ2) is 8.69. The number of fused-ring (bicyclic) bond motifs is 1. The molecule has 2 aliphatic heterocycles. The van der Waals surface area contributed by atoms with Crippen molar-refractivity contribution >= 4 is 17.5 Å². The molecule has 0 aromatic heterocycles. The van der Waals surface area contributed by atoms with Crippen LogP contribution in [0.1, 0.15) is 54.0 Å². The lowest BCUT2D eigenvalue weighted by molar-refractivity contribution is -0.133. The minimum absolute atomic E-state index is 0.0792. The topological polar surface area (TPSA) is 71.0 Å². The summed E-state index contributed by atoms with van der Waals surface area (Å²) in [6.45, 7) is 5.21. The third-order valence-corrected chi connectivity index (χ3v) is 5.57. The third-order valence-electron chi connectivity index (χ3n) is 5.57. The predicted molar refractivity (Wildman–Crippen MR) is 115 cm³/mol. The van der Waals surface area contributed by atoms with E-state index >= 15 is 0 Å². The Kier molecular flexibility index (Phi) is 5.84. The van der Waals surface area contributed by atoms with Crippen LogP contribution in [0, 0.1) is 13.8 Å². The van der Waals surface area contributed by atoms with Crippen molar-refractivity contribution in [3.05, 3.63) is 64.7 Å². The largest absolute Gasteiger partial charge is 0.493 e. The van der Waals surface area contributed by atoms with Crippen LogP contribution in [0.5, 0.6) is 5.75 Å². The van der Waals surface area contributed by atoms with E-state index in [2.05, 4.69) is 22.6 Å². The quantitative estimate of drug-likeness (QED) is 0.825. The molecule has 6 nitrogen and oxygen atoms in total. The maximum Gasteiger partial charge on any atom is 0.243 e. The van der Waals surface area contributed by atoms with E-state index in [1.165, 1.54) is 5.01 Å². The summed E-state index contributed by atoms with van der Waals surface area (Å²) in [6, 6.07) is 14.0. The molecule has 156 valence electrons. The van der Waals surface area contributed by atoms with E-state index in [9.17, 15) is 9.59 Å². The van der Waals surface area contributed by atoms with Crippen LogP contribution in [0.2, 0.25) is 0 Å². The van der Waals surface area contributed by atoms with Crippen LogP contribution in [0.15, 0.2) is 47.6 Å². The average Bonchev–Trinajstić information content (AvgIpc) is 3.24. The molecule has 2 aromatic rings. The maximum atomic E-state index is 12.5. The number of hydrogen-bond acceptors (Lipinski definition) is 4. The monoisotopic (exact) mass is 405 g/mol. The first-order valence-corrected chi connectivity index (χ1v) is 10.5. The molecule has 4 rings (SSSR count). The van der Waals surface area contributed by atoms with Crippen molar-refractivity contribution in [2.24, 2.45) is 5.10 Å². The molecule has 0 fully saturated rings. The summed E-state index contributed by atoms with van der Waals surface area (Å²) < 4.78 is 5.81. The minimum atomic E-state index is -0.119. The summed E-state index contributed by atoms with van der Waals surface area (Å²) in [6.07, 6.45) is 1.77. The van der Waals surface area contributed by atoms with Crippen LogP contribution in [0.4, 0.5) is 0 Å². The van der Waals surface area contributed by atoms with E-state index in [0.29, 0.717) is 13.2 Å². The standard InChI is InChI=1S/C24H27N3O3/c1-16-14-17(2)24-19(15-16)21(11-13-30-24)25-22(28)8-9-23(29)27-12-10-20(26-27)18-6-4-3-5-7-18/h3-7,14-15,21H,8-13H2,1-2H3,(H,25,28). The summed E-state index contributed by atoms with van der Waals surface area (Å²) in [5.41, 5.74) is 5.20. The van der Waals surface area contributed by atoms with Crippen molar-refractivity contribution in [3.8, 4) is 5.75 Å². The normalized spacial score (nSPS) is 17.7. The second-order valence-corrected chi connectivity index (χ2v) is 7.94. The van der Waals surface area contributed by atoms with E-state index in [1.807, 2.05) is 44.2 Å². The van der Waals surface area contributed by atoms with E-state index in [1.54, 1.807) is 0 Å². The molecule has 1 N–H and O–H groups in total. The van der Waals surface area contributed by atoms with Crippen LogP contribution in [-0.4, -0.2) is 35.7 Å². The van der Waals surface area contributed by atoms with Gasteiger partial charge in [0.15, 0.2) is 0 Å². The molecular weight excluding hydrogens is 378 g/mol. The van der Waals surface area contributed by atoms with E-state index in [-0.39, 0.29) is 30.7 Å². The Morgan fingerprint density at radius 2 is 1.97 bits per heavy atom. The second-order valence-electron chi connectivity index (χ2n) is 7.94. The summed E-state index contributed by atoms with van der Waals surface area (Å²) >= 11 is 0. The first kappa shape index (κ1) is 20.1. The van der Waals surface area contributed by atoms with Gasteiger partial charge < -0.3 is 10.1 Å². The van der Waals surface area contributed by atoms with E-state index in [4.69, 9.17) is 4.74 Å². The minimum Gasteiger partial charge on any atom is -0.493 e. The Morgan fingerprint density at radius 1 is 1.17 bits per heavy atom. The molecule has 2 aromatic carbocycles. The molecule has 0 spiro atoms. The first-order valence-electron chi connectivity index (χ1n) is 10.5. The molecule has 0 aliphatic carbocycles. The van der Waals surface area contributed by atoms with Crippen molar-refractivity contribution in [1.82, 2.24) is 10.3 Å². The highest BCUT2D eigenvalue weighted by Gasteiger charge is 2.26. The number of ether oxygens (including phenoxy) is 1. The Labute approximate surface area is 176 Å². The molecule has 2 amide bonds. The van der Waals surface area contributed by atoms with Gasteiger partial charge in [0, 0.05) is 31.2 Å². The molecule has 30 heavy (non-hydrogen) atoms. The predicted octanol–water partition coefficient (Wildman–Crippen LogP) is 3.66. The van der Waals surface area contributed by atoms with Gasteiger partial charge in [0.05, 0.1) is 24.9 Å². The van der Waals surface area contributed by atoms with Crippen LogP contribution < -0.4 is 10.1 Å². The molecule has 0 radical (unpaired) electrons. The van der Waals surface area contributed by atoms with Gasteiger partial charge in [-0.3, -0.25) is 9.59 Å². The molecule has 2 aliphatic rings. The van der Waals surface area contributed by atoms with Crippen molar-refractivity contribution in [2.75, 3.05) is 13.2 Å². The number of carbonyl (C=O) groups is 2. The summed E-state index contributed by atoms with van der Waals surface area (Å²) in [4.78, 5) is 25.1. The molecule has 1 unspecified atom stereocenters. The molecule has 2 heterocycles. The zero-order valence-corrected chi connectivity index (χ0v) is 17.5. The molecule has 0 saturated heterocycles. The van der Waals surface area contributed by atoms with Crippen LogP contribution in [-0.2, 0) is 9.59 Å². The molecule has 0 bridgehead atoms. The van der Waals surface area contributed by atoms with Crippen LogP contribution >= 0.6 is 0 Å². The van der Waals surface area contributed by atoms with Crippen molar-refractivity contribution in [2.45, 2.75) is 45.6 Å². The van der Waals surface area contributed by atoms with Crippen molar-refractivity contribution in [3.63, 3.8) is 0 Å². The smallest absolute Gasteiger partial charge is 0.243 e. The average molecular weight is 405 g/mol. The van der Waals surface area contributed by atoms with E-state index < -0.39 is 0 Å². The zero-order chi connectivity index (χ0) is 21.1. The molecule has 1 atom stereocenters. The Hall–Kier alpha value is -3.15. The van der Waals surface area contributed by atoms with Gasteiger partial charge >= 0.3 is 0 Å². The number of nitrogens with zero attached hydrogens (tertiary/aromatic N) is 2. The fourth-order valence-electron chi connectivity index (χ4n) is 4.11. The number of rotatable bonds is 5. The number of aryl methyl sites for hydroxylation is 2.